The summed E-state index contributed by atoms with van der Waals surface area (Å²) in [5, 5.41) is 12.9. The molecule has 2 aliphatic carbocycles. The first-order chi connectivity index (χ1) is 18.2. The summed E-state index contributed by atoms with van der Waals surface area (Å²) in [6, 6.07) is 5.85. The lowest BCUT2D eigenvalue weighted by Gasteiger charge is -2.41. The van der Waals surface area contributed by atoms with Crippen molar-refractivity contribution < 1.29 is 27.4 Å². The predicted octanol–water partition coefficient (Wildman–Crippen LogP) is 3.71. The first-order valence-corrected chi connectivity index (χ1v) is 13.8. The van der Waals surface area contributed by atoms with Gasteiger partial charge in [0.1, 0.15) is 0 Å². The summed E-state index contributed by atoms with van der Waals surface area (Å²) in [5.74, 6) is 0.557. The quantitative estimate of drug-likeness (QED) is 0.623. The molecule has 10 heteroatoms. The molecule has 2 saturated carbocycles. The van der Waals surface area contributed by atoms with Gasteiger partial charge in [-0.1, -0.05) is 6.42 Å². The van der Waals surface area contributed by atoms with Gasteiger partial charge in [-0.25, -0.2) is 0 Å². The number of methoxy groups -OCH3 is 1. The van der Waals surface area contributed by atoms with Gasteiger partial charge in [-0.15, -0.1) is 0 Å². The van der Waals surface area contributed by atoms with Gasteiger partial charge in [0.05, 0.1) is 41.4 Å². The Bertz CT molecular complexity index is 1120. The van der Waals surface area contributed by atoms with Crippen LogP contribution >= 0.6 is 0 Å². The number of halogens is 3. The van der Waals surface area contributed by atoms with Crippen LogP contribution in [-0.2, 0) is 20.4 Å². The average molecular weight is 533 g/mol. The fraction of sp³-hybridized carbons (Fsp3) is 0.714. The zero-order valence-corrected chi connectivity index (χ0v) is 21.7. The molecule has 5 fully saturated rings. The number of alkyl halides is 3. The fourth-order valence-electron chi connectivity index (χ4n) is 8.14. The molecule has 5 aliphatic rings. The van der Waals surface area contributed by atoms with E-state index >= 15 is 0 Å². The minimum atomic E-state index is -4.55. The van der Waals surface area contributed by atoms with Crippen LogP contribution < -0.4 is 10.2 Å². The second-order valence-corrected chi connectivity index (χ2v) is 11.8. The molecule has 0 radical (unpaired) electrons. The van der Waals surface area contributed by atoms with E-state index in [1.165, 1.54) is 12.1 Å². The lowest BCUT2D eigenvalue weighted by atomic mass is 9.78. The van der Waals surface area contributed by atoms with Crippen LogP contribution in [0.1, 0.15) is 56.1 Å². The summed E-state index contributed by atoms with van der Waals surface area (Å²) >= 11 is 0. The van der Waals surface area contributed by atoms with Crippen LogP contribution in [0.4, 0.5) is 18.9 Å². The van der Waals surface area contributed by atoms with E-state index in [1.807, 2.05) is 11.0 Å². The Morgan fingerprint density at radius 2 is 2.08 bits per heavy atom. The molecule has 1 N–H and O–H groups in total. The molecule has 2 bridgehead atoms. The first-order valence-electron chi connectivity index (χ1n) is 13.8. The van der Waals surface area contributed by atoms with Gasteiger partial charge >= 0.3 is 6.18 Å². The molecule has 1 amide bonds. The smallest absolute Gasteiger partial charge is 0.379 e. The Labute approximate surface area is 221 Å². The van der Waals surface area contributed by atoms with E-state index in [0.29, 0.717) is 38.6 Å². The number of hydrogen-bond donors (Lipinski definition) is 1. The molecule has 0 unspecified atom stereocenters. The van der Waals surface area contributed by atoms with Crippen molar-refractivity contribution in [2.75, 3.05) is 38.3 Å². The molecule has 206 valence electrons. The van der Waals surface area contributed by atoms with Crippen molar-refractivity contribution in [2.24, 2.45) is 11.3 Å². The molecule has 0 aromatic heterocycles. The largest absolute Gasteiger partial charge is 0.418 e. The summed E-state index contributed by atoms with van der Waals surface area (Å²) in [6.07, 6.45) is 1.83. The van der Waals surface area contributed by atoms with Gasteiger partial charge in [0.15, 0.2) is 0 Å². The number of anilines is 1. The first kappa shape index (κ1) is 25.9. The summed E-state index contributed by atoms with van der Waals surface area (Å²) in [6.45, 7) is 2.14. The molecule has 0 spiro atoms. The number of benzene rings is 1. The normalized spacial score (nSPS) is 36.5. The van der Waals surface area contributed by atoms with Crippen molar-refractivity contribution >= 4 is 11.6 Å². The molecule has 1 aromatic rings. The van der Waals surface area contributed by atoms with Gasteiger partial charge in [-0.05, 0) is 62.6 Å². The highest BCUT2D eigenvalue weighted by molar-refractivity contribution is 5.85. The van der Waals surface area contributed by atoms with Crippen LogP contribution in [0.15, 0.2) is 18.2 Å². The lowest BCUT2D eigenvalue weighted by Crippen LogP contribution is -2.54. The SMILES string of the molecule is CO[C@@H]1COCC[C@@H]1N[C@@H]1C[C@H]2CCC[C@@]2(C(=O)N2C[C@@H]3C[C@H]2CN3c2ccc(C#N)cc2C(F)(F)F)C1. The van der Waals surface area contributed by atoms with E-state index in [1.54, 1.807) is 12.0 Å². The van der Waals surface area contributed by atoms with Crippen LogP contribution in [0.3, 0.4) is 0 Å². The Kier molecular flexibility index (Phi) is 6.60. The van der Waals surface area contributed by atoms with Crippen molar-refractivity contribution in [3.63, 3.8) is 0 Å². The molecule has 7 nitrogen and oxygen atoms in total. The van der Waals surface area contributed by atoms with E-state index in [2.05, 4.69) is 5.32 Å². The van der Waals surface area contributed by atoms with Crippen molar-refractivity contribution in [3.8, 4) is 6.07 Å². The minimum Gasteiger partial charge on any atom is -0.379 e. The molecule has 1 aromatic carbocycles. The third-order valence-corrected chi connectivity index (χ3v) is 9.86. The number of fused-ring (bicyclic) bond motifs is 3. The minimum absolute atomic E-state index is 0.00409. The molecule has 38 heavy (non-hydrogen) atoms. The summed E-state index contributed by atoms with van der Waals surface area (Å²) in [4.78, 5) is 18.0. The van der Waals surface area contributed by atoms with E-state index in [0.717, 1.165) is 44.6 Å². The molecule has 3 heterocycles. The Morgan fingerprint density at radius 3 is 2.79 bits per heavy atom. The molecule has 6 rings (SSSR count). The Hall–Kier alpha value is -2.35. The van der Waals surface area contributed by atoms with Crippen LogP contribution in [0.25, 0.3) is 0 Å². The second kappa shape index (κ2) is 9.68. The number of piperazine rings is 1. The molecule has 3 aliphatic heterocycles. The number of nitrogens with zero attached hydrogens (tertiary/aromatic N) is 3. The fourth-order valence-corrected chi connectivity index (χ4v) is 8.14. The summed E-state index contributed by atoms with van der Waals surface area (Å²) in [7, 11) is 1.71. The highest BCUT2D eigenvalue weighted by Gasteiger charge is 2.59. The third-order valence-electron chi connectivity index (χ3n) is 9.86. The zero-order chi connectivity index (χ0) is 26.7. The van der Waals surface area contributed by atoms with Gasteiger partial charge in [0.25, 0.3) is 0 Å². The monoisotopic (exact) mass is 532 g/mol. The average Bonchev–Trinajstić information content (AvgIpc) is 3.67. The number of carbonyl (C=O) groups excluding carboxylic acids is 1. The van der Waals surface area contributed by atoms with Crippen molar-refractivity contribution in [2.45, 2.75) is 81.4 Å². The van der Waals surface area contributed by atoms with Crippen LogP contribution in [-0.4, -0.2) is 74.5 Å². The number of likely N-dealkylation sites (tertiary alicyclic amines) is 1. The molecule has 7 atom stereocenters. The maximum atomic E-state index is 14.2. The highest BCUT2D eigenvalue weighted by Crippen LogP contribution is 2.56. The van der Waals surface area contributed by atoms with Crippen molar-refractivity contribution in [1.82, 2.24) is 10.2 Å². The van der Waals surface area contributed by atoms with Crippen molar-refractivity contribution in [1.29, 1.82) is 5.26 Å². The van der Waals surface area contributed by atoms with E-state index in [9.17, 15) is 18.0 Å². The van der Waals surface area contributed by atoms with E-state index in [4.69, 9.17) is 14.7 Å². The number of nitrogens with one attached hydrogen (secondary N) is 1. The number of amides is 1. The molecular formula is C28H35F3N4O3. The van der Waals surface area contributed by atoms with Gasteiger partial charge in [-0.2, -0.15) is 18.4 Å². The van der Waals surface area contributed by atoms with Crippen LogP contribution in [0.5, 0.6) is 0 Å². The molecular weight excluding hydrogens is 497 g/mol. The third kappa shape index (κ3) is 4.27. The maximum Gasteiger partial charge on any atom is 0.418 e. The van der Waals surface area contributed by atoms with Crippen molar-refractivity contribution in [3.05, 3.63) is 29.3 Å². The van der Waals surface area contributed by atoms with Gasteiger partial charge in [0, 0.05) is 50.6 Å². The molecule has 3 saturated heterocycles. The predicted molar refractivity (Wildman–Crippen MR) is 133 cm³/mol. The summed E-state index contributed by atoms with van der Waals surface area (Å²) in [5.41, 5.74) is -1.03. The van der Waals surface area contributed by atoms with Gasteiger partial charge in [-0.3, -0.25) is 4.79 Å². The van der Waals surface area contributed by atoms with Crippen LogP contribution in [0, 0.1) is 22.7 Å². The number of ether oxygens (including phenoxy) is 2. The van der Waals surface area contributed by atoms with Crippen LogP contribution in [0.2, 0.25) is 0 Å². The number of rotatable bonds is 5. The second-order valence-electron chi connectivity index (χ2n) is 11.8. The zero-order valence-electron chi connectivity index (χ0n) is 21.7. The number of nitriles is 1. The van der Waals surface area contributed by atoms with Gasteiger partial charge < -0.3 is 24.6 Å². The topological polar surface area (TPSA) is 77.8 Å². The Morgan fingerprint density at radius 1 is 1.24 bits per heavy atom. The van der Waals surface area contributed by atoms with E-state index < -0.39 is 11.7 Å². The summed E-state index contributed by atoms with van der Waals surface area (Å²) < 4.78 is 52.7. The van der Waals surface area contributed by atoms with E-state index in [-0.39, 0.29) is 52.8 Å². The number of hydrogen-bond acceptors (Lipinski definition) is 6. The lowest BCUT2D eigenvalue weighted by molar-refractivity contribution is -0.145. The standard InChI is InChI=1S/C28H35F3N4O3/c1-37-25-16-38-8-6-23(25)33-19-10-18-3-2-7-27(18,12-19)26(36)35-15-20-11-21(35)14-34(20)24-5-4-17(13-32)9-22(24)28(29,30)31/h4-5,9,18-21,23,25,33H,2-3,6-8,10-12,14-16H2,1H3/t18-,19-,20+,21+,23+,25-,27-/m1/s1. The Balaban J connectivity index is 1.16. The highest BCUT2D eigenvalue weighted by atomic mass is 19.4. The van der Waals surface area contributed by atoms with Gasteiger partial charge in [0.2, 0.25) is 5.91 Å². The maximum absolute atomic E-state index is 14.2. The number of carbonyl (C=O) groups is 1.